The molecule has 2 amide bonds. The Hall–Kier alpha value is -2.30. The van der Waals surface area contributed by atoms with Crippen LogP contribution in [0.25, 0.3) is 0 Å². The summed E-state index contributed by atoms with van der Waals surface area (Å²) in [6.45, 7) is 2.03. The molecular formula is C16H20N4O. The summed E-state index contributed by atoms with van der Waals surface area (Å²) in [7, 11) is 1.86. The zero-order valence-electron chi connectivity index (χ0n) is 12.4. The lowest BCUT2D eigenvalue weighted by Crippen LogP contribution is -2.38. The third-order valence-electron chi connectivity index (χ3n) is 3.87. The second-order valence-electron chi connectivity index (χ2n) is 5.49. The summed E-state index contributed by atoms with van der Waals surface area (Å²) in [5, 5.41) is 10.3. The van der Waals surface area contributed by atoms with Crippen LogP contribution in [0.15, 0.2) is 30.5 Å². The van der Waals surface area contributed by atoms with E-state index in [1.54, 1.807) is 4.68 Å². The fraction of sp³-hybridized carbons (Fsp3) is 0.375. The quantitative estimate of drug-likeness (QED) is 0.908. The molecule has 1 aliphatic carbocycles. The first-order chi connectivity index (χ1) is 10.2. The number of nitrogens with zero attached hydrogens (tertiary/aromatic N) is 2. The maximum absolute atomic E-state index is 12.1. The molecule has 0 atom stereocenters. The largest absolute Gasteiger partial charge is 0.334 e. The van der Waals surface area contributed by atoms with Crippen molar-refractivity contribution >= 4 is 11.7 Å². The molecule has 0 saturated carbocycles. The van der Waals surface area contributed by atoms with Gasteiger partial charge in [0.05, 0.1) is 11.4 Å². The highest BCUT2D eigenvalue weighted by Crippen LogP contribution is 2.22. The van der Waals surface area contributed by atoms with E-state index in [-0.39, 0.29) is 12.1 Å². The second kappa shape index (κ2) is 5.60. The van der Waals surface area contributed by atoms with Gasteiger partial charge in [-0.2, -0.15) is 5.10 Å². The minimum absolute atomic E-state index is 0.157. The predicted molar refractivity (Wildman–Crippen MR) is 82.4 cm³/mol. The number of urea groups is 1. The van der Waals surface area contributed by atoms with Gasteiger partial charge in [0.1, 0.15) is 0 Å². The van der Waals surface area contributed by atoms with E-state index in [2.05, 4.69) is 27.9 Å². The predicted octanol–water partition coefficient (Wildman–Crippen LogP) is 2.27. The first-order valence-corrected chi connectivity index (χ1v) is 7.32. The molecule has 0 spiro atoms. The summed E-state index contributed by atoms with van der Waals surface area (Å²) in [5.41, 5.74) is 4.35. The van der Waals surface area contributed by atoms with Crippen molar-refractivity contribution in [3.8, 4) is 0 Å². The summed E-state index contributed by atoms with van der Waals surface area (Å²) in [4.78, 5) is 12.1. The molecule has 21 heavy (non-hydrogen) atoms. The van der Waals surface area contributed by atoms with Gasteiger partial charge in [-0.25, -0.2) is 4.79 Å². The van der Waals surface area contributed by atoms with Crippen molar-refractivity contribution in [1.29, 1.82) is 0 Å². The van der Waals surface area contributed by atoms with Gasteiger partial charge in [0, 0.05) is 19.3 Å². The topological polar surface area (TPSA) is 59.0 Å². The molecule has 0 fully saturated rings. The van der Waals surface area contributed by atoms with E-state index in [0.29, 0.717) is 0 Å². The Morgan fingerprint density at radius 1 is 1.33 bits per heavy atom. The molecule has 0 aliphatic heterocycles. The minimum Gasteiger partial charge on any atom is -0.334 e. The smallest absolute Gasteiger partial charge is 0.319 e. The van der Waals surface area contributed by atoms with Gasteiger partial charge >= 0.3 is 6.03 Å². The van der Waals surface area contributed by atoms with Gasteiger partial charge in [-0.1, -0.05) is 31.2 Å². The van der Waals surface area contributed by atoms with Crippen molar-refractivity contribution in [2.75, 3.05) is 5.32 Å². The molecule has 1 heterocycles. The number of fused-ring (bicyclic) bond motifs is 1. The molecule has 3 rings (SSSR count). The van der Waals surface area contributed by atoms with E-state index >= 15 is 0 Å². The fourth-order valence-corrected chi connectivity index (χ4v) is 2.90. The van der Waals surface area contributed by atoms with Crippen LogP contribution >= 0.6 is 0 Å². The lowest BCUT2D eigenvalue weighted by atomic mass is 10.1. The van der Waals surface area contributed by atoms with Crippen LogP contribution in [0.2, 0.25) is 0 Å². The number of benzene rings is 1. The Balaban J connectivity index is 1.61. The average molecular weight is 284 g/mol. The van der Waals surface area contributed by atoms with Gasteiger partial charge in [-0.15, -0.1) is 0 Å². The van der Waals surface area contributed by atoms with Crippen molar-refractivity contribution in [3.05, 3.63) is 47.3 Å². The summed E-state index contributed by atoms with van der Waals surface area (Å²) >= 11 is 0. The lowest BCUT2D eigenvalue weighted by Gasteiger charge is -2.12. The lowest BCUT2D eigenvalue weighted by molar-refractivity contribution is 0.249. The Morgan fingerprint density at radius 2 is 2.00 bits per heavy atom. The van der Waals surface area contributed by atoms with E-state index in [4.69, 9.17) is 0 Å². The molecule has 110 valence electrons. The van der Waals surface area contributed by atoms with Crippen LogP contribution in [-0.2, 0) is 26.3 Å². The van der Waals surface area contributed by atoms with Gasteiger partial charge in [0.15, 0.2) is 0 Å². The van der Waals surface area contributed by atoms with Crippen LogP contribution in [0.5, 0.6) is 0 Å². The highest BCUT2D eigenvalue weighted by molar-refractivity contribution is 5.90. The highest BCUT2D eigenvalue weighted by Gasteiger charge is 2.22. The minimum atomic E-state index is -0.157. The maximum Gasteiger partial charge on any atom is 0.319 e. The molecule has 2 N–H and O–H groups in total. The number of amides is 2. The van der Waals surface area contributed by atoms with Crippen molar-refractivity contribution in [1.82, 2.24) is 15.1 Å². The normalized spacial score (nSPS) is 14.0. The number of carbonyl (C=O) groups is 1. The van der Waals surface area contributed by atoms with Gasteiger partial charge in [0.2, 0.25) is 0 Å². The average Bonchev–Trinajstić information content (AvgIpc) is 3.00. The number of aryl methyl sites for hydroxylation is 2. The number of anilines is 1. The monoisotopic (exact) mass is 284 g/mol. The molecular weight excluding hydrogens is 264 g/mol. The summed E-state index contributed by atoms with van der Waals surface area (Å²) in [5.74, 6) is 0. The summed E-state index contributed by atoms with van der Waals surface area (Å²) < 4.78 is 1.72. The number of rotatable bonds is 3. The van der Waals surface area contributed by atoms with Gasteiger partial charge in [-0.3, -0.25) is 4.68 Å². The first-order valence-electron chi connectivity index (χ1n) is 7.32. The van der Waals surface area contributed by atoms with Gasteiger partial charge in [-0.05, 0) is 30.4 Å². The summed E-state index contributed by atoms with van der Waals surface area (Å²) in [6, 6.07) is 8.37. The van der Waals surface area contributed by atoms with Crippen molar-refractivity contribution in [2.45, 2.75) is 32.2 Å². The van der Waals surface area contributed by atoms with Crippen LogP contribution in [0, 0.1) is 0 Å². The van der Waals surface area contributed by atoms with Crippen LogP contribution in [-0.4, -0.2) is 21.9 Å². The zero-order valence-corrected chi connectivity index (χ0v) is 12.4. The zero-order chi connectivity index (χ0) is 14.8. The first kappa shape index (κ1) is 13.7. The number of hydrogen-bond donors (Lipinski definition) is 2. The standard InChI is InChI=1S/C16H20N4O/c1-3-14-15(10-20(2)19-14)18-16(21)17-13-8-11-6-4-5-7-12(11)9-13/h4-7,10,13H,3,8-9H2,1-2H3,(H2,17,18,21). The molecule has 1 aliphatic rings. The van der Waals surface area contributed by atoms with Gasteiger partial charge in [0.25, 0.3) is 0 Å². The molecule has 1 aromatic carbocycles. The Morgan fingerprint density at radius 3 is 2.62 bits per heavy atom. The molecule has 0 radical (unpaired) electrons. The molecule has 5 nitrogen and oxygen atoms in total. The molecule has 0 saturated heterocycles. The number of aromatic nitrogens is 2. The third kappa shape index (κ3) is 2.91. The number of nitrogens with one attached hydrogen (secondary N) is 2. The molecule has 1 aromatic heterocycles. The third-order valence-corrected chi connectivity index (χ3v) is 3.87. The fourth-order valence-electron chi connectivity index (χ4n) is 2.90. The Bertz CT molecular complexity index is 637. The van der Waals surface area contributed by atoms with Crippen molar-refractivity contribution < 1.29 is 4.79 Å². The molecule has 0 bridgehead atoms. The Labute approximate surface area is 124 Å². The van der Waals surface area contributed by atoms with E-state index in [1.807, 2.05) is 32.3 Å². The van der Waals surface area contributed by atoms with E-state index < -0.39 is 0 Å². The molecule has 2 aromatic rings. The summed E-state index contributed by atoms with van der Waals surface area (Å²) in [6.07, 6.45) is 4.43. The van der Waals surface area contributed by atoms with Crippen molar-refractivity contribution in [2.24, 2.45) is 7.05 Å². The van der Waals surface area contributed by atoms with E-state index in [1.165, 1.54) is 11.1 Å². The van der Waals surface area contributed by atoms with E-state index in [0.717, 1.165) is 30.6 Å². The number of hydrogen-bond acceptors (Lipinski definition) is 2. The second-order valence-corrected chi connectivity index (χ2v) is 5.49. The number of carbonyl (C=O) groups excluding carboxylic acids is 1. The van der Waals surface area contributed by atoms with E-state index in [9.17, 15) is 4.79 Å². The van der Waals surface area contributed by atoms with Gasteiger partial charge < -0.3 is 10.6 Å². The van der Waals surface area contributed by atoms with Crippen LogP contribution in [0.3, 0.4) is 0 Å². The van der Waals surface area contributed by atoms with Crippen LogP contribution in [0.1, 0.15) is 23.7 Å². The Kier molecular flexibility index (Phi) is 3.64. The maximum atomic E-state index is 12.1. The van der Waals surface area contributed by atoms with Crippen molar-refractivity contribution in [3.63, 3.8) is 0 Å². The van der Waals surface area contributed by atoms with Crippen LogP contribution in [0.4, 0.5) is 10.5 Å². The highest BCUT2D eigenvalue weighted by atomic mass is 16.2. The van der Waals surface area contributed by atoms with Crippen LogP contribution < -0.4 is 10.6 Å². The molecule has 5 heteroatoms. The molecule has 0 unspecified atom stereocenters. The SMILES string of the molecule is CCc1nn(C)cc1NC(=O)NC1Cc2ccccc2C1.